The second kappa shape index (κ2) is 6.85. The van der Waals surface area contributed by atoms with Crippen LogP contribution in [0.15, 0.2) is 24.3 Å². The molecule has 16 heavy (non-hydrogen) atoms. The average Bonchev–Trinajstić information content (AvgIpc) is 2.23. The fraction of sp³-hybridized carbons (Fsp3) is 0.417. The summed E-state index contributed by atoms with van der Waals surface area (Å²) in [6.45, 7) is 3.88. The third-order valence-corrected chi connectivity index (χ3v) is 2.22. The number of nitrogen functional groups attached to an aromatic ring is 1. The van der Waals surface area contributed by atoms with Crippen LogP contribution in [0.25, 0.3) is 0 Å². The van der Waals surface area contributed by atoms with E-state index in [2.05, 4.69) is 16.7 Å². The van der Waals surface area contributed by atoms with Crippen molar-refractivity contribution in [1.82, 2.24) is 10.6 Å². The lowest BCUT2D eigenvalue weighted by Crippen LogP contribution is -2.31. The molecule has 0 radical (unpaired) electrons. The summed E-state index contributed by atoms with van der Waals surface area (Å²) in [4.78, 5) is 10.6. The van der Waals surface area contributed by atoms with E-state index < -0.39 is 0 Å². The van der Waals surface area contributed by atoms with Gasteiger partial charge in [-0.15, -0.1) is 0 Å². The minimum Gasteiger partial charge on any atom is -0.399 e. The topological polar surface area (TPSA) is 67.2 Å². The first-order valence-corrected chi connectivity index (χ1v) is 5.48. The van der Waals surface area contributed by atoms with Crippen LogP contribution in [0.2, 0.25) is 0 Å². The fourth-order valence-corrected chi connectivity index (χ4v) is 1.43. The van der Waals surface area contributed by atoms with E-state index in [1.807, 2.05) is 18.2 Å². The molecule has 0 unspecified atom stereocenters. The zero-order valence-corrected chi connectivity index (χ0v) is 9.62. The van der Waals surface area contributed by atoms with Crippen LogP contribution in [0.4, 0.5) is 5.69 Å². The van der Waals surface area contributed by atoms with Gasteiger partial charge in [-0.3, -0.25) is 4.79 Å². The molecular weight excluding hydrogens is 202 g/mol. The minimum absolute atomic E-state index is 0.0117. The van der Waals surface area contributed by atoms with Gasteiger partial charge in [-0.2, -0.15) is 0 Å². The third-order valence-electron chi connectivity index (χ3n) is 2.22. The summed E-state index contributed by atoms with van der Waals surface area (Å²) >= 11 is 0. The SMILES string of the molecule is CC(=O)NCCNCCc1cccc(N)c1. The fourth-order valence-electron chi connectivity index (χ4n) is 1.43. The van der Waals surface area contributed by atoms with Crippen LogP contribution < -0.4 is 16.4 Å². The van der Waals surface area contributed by atoms with Crippen molar-refractivity contribution in [3.63, 3.8) is 0 Å². The Balaban J connectivity index is 2.09. The zero-order valence-electron chi connectivity index (χ0n) is 9.62. The Bertz CT molecular complexity index is 339. The highest BCUT2D eigenvalue weighted by Crippen LogP contribution is 2.06. The first kappa shape index (κ1) is 12.5. The maximum atomic E-state index is 10.6. The van der Waals surface area contributed by atoms with Crippen molar-refractivity contribution in [2.75, 3.05) is 25.4 Å². The van der Waals surface area contributed by atoms with Crippen LogP contribution in [0.3, 0.4) is 0 Å². The van der Waals surface area contributed by atoms with Crippen LogP contribution in [0, 0.1) is 0 Å². The van der Waals surface area contributed by atoms with E-state index in [0.29, 0.717) is 6.54 Å². The predicted octanol–water partition coefficient (Wildman–Crippen LogP) is 0.537. The molecule has 0 aromatic heterocycles. The van der Waals surface area contributed by atoms with Crippen LogP contribution in [0.5, 0.6) is 0 Å². The molecule has 0 saturated carbocycles. The lowest BCUT2D eigenvalue weighted by atomic mass is 10.1. The molecule has 0 spiro atoms. The van der Waals surface area contributed by atoms with Crippen molar-refractivity contribution in [3.8, 4) is 0 Å². The highest BCUT2D eigenvalue weighted by molar-refractivity contribution is 5.72. The Morgan fingerprint density at radius 3 is 2.81 bits per heavy atom. The molecule has 0 aliphatic heterocycles. The molecule has 0 bridgehead atoms. The van der Waals surface area contributed by atoms with Gasteiger partial charge in [0.1, 0.15) is 0 Å². The predicted molar refractivity (Wildman–Crippen MR) is 66.1 cm³/mol. The zero-order chi connectivity index (χ0) is 11.8. The number of hydrogen-bond acceptors (Lipinski definition) is 3. The summed E-state index contributed by atoms with van der Waals surface area (Å²) in [6.07, 6.45) is 0.950. The second-order valence-corrected chi connectivity index (χ2v) is 3.73. The number of rotatable bonds is 6. The van der Waals surface area contributed by atoms with Crippen molar-refractivity contribution in [3.05, 3.63) is 29.8 Å². The lowest BCUT2D eigenvalue weighted by Gasteiger charge is -2.05. The quantitative estimate of drug-likeness (QED) is 0.485. The number of amides is 1. The van der Waals surface area contributed by atoms with E-state index in [1.165, 1.54) is 12.5 Å². The van der Waals surface area contributed by atoms with E-state index in [1.54, 1.807) is 0 Å². The molecule has 4 nitrogen and oxygen atoms in total. The molecule has 1 aromatic carbocycles. The maximum Gasteiger partial charge on any atom is 0.216 e. The molecule has 4 heteroatoms. The summed E-state index contributed by atoms with van der Waals surface area (Å²) in [5.41, 5.74) is 7.71. The normalized spacial score (nSPS) is 10.1. The van der Waals surface area contributed by atoms with Crippen LogP contribution in [-0.2, 0) is 11.2 Å². The van der Waals surface area contributed by atoms with E-state index in [9.17, 15) is 4.79 Å². The minimum atomic E-state index is 0.0117. The number of carbonyl (C=O) groups is 1. The molecule has 1 aromatic rings. The van der Waals surface area contributed by atoms with Crippen LogP contribution in [-0.4, -0.2) is 25.5 Å². The highest BCUT2D eigenvalue weighted by Gasteiger charge is 1.94. The van der Waals surface area contributed by atoms with Gasteiger partial charge in [0.2, 0.25) is 5.91 Å². The molecule has 0 aliphatic rings. The molecule has 0 fully saturated rings. The Morgan fingerprint density at radius 1 is 1.31 bits per heavy atom. The first-order valence-electron chi connectivity index (χ1n) is 5.48. The molecule has 0 saturated heterocycles. The third kappa shape index (κ3) is 5.36. The van der Waals surface area contributed by atoms with Gasteiger partial charge in [0.25, 0.3) is 0 Å². The second-order valence-electron chi connectivity index (χ2n) is 3.73. The average molecular weight is 221 g/mol. The van der Waals surface area contributed by atoms with Crippen molar-refractivity contribution in [1.29, 1.82) is 0 Å². The van der Waals surface area contributed by atoms with Crippen molar-refractivity contribution >= 4 is 11.6 Å². The van der Waals surface area contributed by atoms with Crippen LogP contribution in [0.1, 0.15) is 12.5 Å². The summed E-state index contributed by atoms with van der Waals surface area (Å²) in [5.74, 6) is 0.0117. The molecule has 0 atom stereocenters. The molecule has 0 heterocycles. The molecule has 88 valence electrons. The van der Waals surface area contributed by atoms with E-state index in [4.69, 9.17) is 5.73 Å². The molecule has 0 aliphatic carbocycles. The van der Waals surface area contributed by atoms with Gasteiger partial charge in [-0.25, -0.2) is 0 Å². The number of anilines is 1. The Labute approximate surface area is 96.2 Å². The van der Waals surface area contributed by atoms with Gasteiger partial charge in [0.15, 0.2) is 0 Å². The number of hydrogen-bond donors (Lipinski definition) is 3. The van der Waals surface area contributed by atoms with E-state index in [-0.39, 0.29) is 5.91 Å². The Hall–Kier alpha value is -1.55. The Kier molecular flexibility index (Phi) is 5.36. The van der Waals surface area contributed by atoms with Gasteiger partial charge in [-0.05, 0) is 30.7 Å². The number of carbonyl (C=O) groups excluding carboxylic acids is 1. The standard InChI is InChI=1S/C12H19N3O/c1-10(16)15-8-7-14-6-5-11-3-2-4-12(13)9-11/h2-4,9,14H,5-8,13H2,1H3,(H,15,16). The Morgan fingerprint density at radius 2 is 2.12 bits per heavy atom. The largest absolute Gasteiger partial charge is 0.399 e. The van der Waals surface area contributed by atoms with Gasteiger partial charge in [0, 0.05) is 25.7 Å². The summed E-state index contributed by atoms with van der Waals surface area (Å²) in [6, 6.07) is 7.89. The highest BCUT2D eigenvalue weighted by atomic mass is 16.1. The summed E-state index contributed by atoms with van der Waals surface area (Å²) < 4.78 is 0. The molecule has 1 amide bonds. The number of nitrogens with one attached hydrogen (secondary N) is 2. The monoisotopic (exact) mass is 221 g/mol. The number of nitrogens with two attached hydrogens (primary N) is 1. The van der Waals surface area contributed by atoms with Crippen molar-refractivity contribution < 1.29 is 4.79 Å². The van der Waals surface area contributed by atoms with Gasteiger partial charge in [0.05, 0.1) is 0 Å². The summed E-state index contributed by atoms with van der Waals surface area (Å²) in [7, 11) is 0. The van der Waals surface area contributed by atoms with Crippen LogP contribution >= 0.6 is 0 Å². The van der Waals surface area contributed by atoms with E-state index >= 15 is 0 Å². The smallest absolute Gasteiger partial charge is 0.216 e. The summed E-state index contributed by atoms with van der Waals surface area (Å²) in [5, 5.41) is 5.99. The molecule has 4 N–H and O–H groups in total. The van der Waals surface area contributed by atoms with Crippen molar-refractivity contribution in [2.24, 2.45) is 0 Å². The van der Waals surface area contributed by atoms with Gasteiger partial charge in [-0.1, -0.05) is 12.1 Å². The van der Waals surface area contributed by atoms with Crippen molar-refractivity contribution in [2.45, 2.75) is 13.3 Å². The lowest BCUT2D eigenvalue weighted by molar-refractivity contribution is -0.118. The number of benzene rings is 1. The molecular formula is C12H19N3O. The molecule has 1 rings (SSSR count). The maximum absolute atomic E-state index is 10.6. The van der Waals surface area contributed by atoms with E-state index in [0.717, 1.165) is 25.2 Å². The van der Waals surface area contributed by atoms with Gasteiger partial charge < -0.3 is 16.4 Å². The first-order chi connectivity index (χ1) is 7.68. The van der Waals surface area contributed by atoms with Gasteiger partial charge >= 0.3 is 0 Å².